The smallest absolute Gasteiger partial charge is 0.326 e. The summed E-state index contributed by atoms with van der Waals surface area (Å²) in [5.74, 6) is -1.54. The second-order valence-electron chi connectivity index (χ2n) is 5.38. The fraction of sp³-hybridized carbons (Fsp3) is 0.222. The Morgan fingerprint density at radius 2 is 1.88 bits per heavy atom. The van der Waals surface area contributed by atoms with Crippen molar-refractivity contribution in [2.45, 2.75) is 12.5 Å². The van der Waals surface area contributed by atoms with E-state index in [0.717, 1.165) is 0 Å². The third kappa shape index (κ3) is 4.96. The van der Waals surface area contributed by atoms with Gasteiger partial charge < -0.3 is 15.5 Å². The Balaban J connectivity index is 2.33. The minimum atomic E-state index is -1.11. The van der Waals surface area contributed by atoms with Crippen LogP contribution in [0.4, 0.5) is 4.39 Å². The highest BCUT2D eigenvalue weighted by molar-refractivity contribution is 7.98. The van der Waals surface area contributed by atoms with Gasteiger partial charge in [0.15, 0.2) is 0 Å². The molecule has 0 aliphatic rings. The molecule has 25 heavy (non-hydrogen) atoms. The molecule has 0 saturated carbocycles. The van der Waals surface area contributed by atoms with Gasteiger partial charge in [-0.1, -0.05) is 12.1 Å². The second-order valence-corrected chi connectivity index (χ2v) is 6.37. The highest BCUT2D eigenvalue weighted by atomic mass is 32.2. The molecular formula is C18H18FNO4S. The number of carbonyl (C=O) groups is 2. The zero-order valence-corrected chi connectivity index (χ0v) is 14.3. The zero-order valence-electron chi connectivity index (χ0n) is 13.5. The number of aliphatic carboxylic acids is 1. The second kappa shape index (κ2) is 8.53. The fourth-order valence-corrected chi connectivity index (χ4v) is 2.80. The summed E-state index contributed by atoms with van der Waals surface area (Å²) in [7, 11) is 0. The largest absolute Gasteiger partial charge is 0.508 e. The van der Waals surface area contributed by atoms with E-state index < -0.39 is 23.7 Å². The maximum Gasteiger partial charge on any atom is 0.326 e. The van der Waals surface area contributed by atoms with Crippen molar-refractivity contribution < 1.29 is 24.2 Å². The van der Waals surface area contributed by atoms with Crippen molar-refractivity contribution in [3.63, 3.8) is 0 Å². The zero-order chi connectivity index (χ0) is 18.4. The number of carboxylic acid groups (broad SMARTS) is 1. The van der Waals surface area contributed by atoms with Crippen molar-refractivity contribution in [2.24, 2.45) is 0 Å². The molecule has 0 radical (unpaired) electrons. The fourth-order valence-electron chi connectivity index (χ4n) is 2.33. The SMILES string of the molecule is CSCC[C@H](NC(=O)c1ccc(O)cc1-c1ccc(F)cc1)C(=O)O. The van der Waals surface area contributed by atoms with Crippen molar-refractivity contribution in [2.75, 3.05) is 12.0 Å². The van der Waals surface area contributed by atoms with Crippen LogP contribution in [-0.2, 0) is 4.79 Å². The molecule has 0 fully saturated rings. The molecule has 0 spiro atoms. The molecule has 2 rings (SSSR count). The van der Waals surface area contributed by atoms with Crippen LogP contribution in [0.5, 0.6) is 5.75 Å². The van der Waals surface area contributed by atoms with Crippen molar-refractivity contribution in [1.82, 2.24) is 5.32 Å². The van der Waals surface area contributed by atoms with Gasteiger partial charge in [0.05, 0.1) is 0 Å². The quantitative estimate of drug-likeness (QED) is 0.704. The lowest BCUT2D eigenvalue weighted by Crippen LogP contribution is -2.41. The van der Waals surface area contributed by atoms with E-state index in [1.807, 2.05) is 6.26 Å². The predicted molar refractivity (Wildman–Crippen MR) is 95.4 cm³/mol. The number of hydrogen-bond acceptors (Lipinski definition) is 4. The summed E-state index contributed by atoms with van der Waals surface area (Å²) in [6, 6.07) is 8.62. The summed E-state index contributed by atoms with van der Waals surface area (Å²) in [4.78, 5) is 23.9. The molecule has 0 aliphatic carbocycles. The van der Waals surface area contributed by atoms with Gasteiger partial charge in [0.25, 0.3) is 5.91 Å². The summed E-state index contributed by atoms with van der Waals surface area (Å²) in [6.07, 6.45) is 2.15. The van der Waals surface area contributed by atoms with E-state index in [4.69, 9.17) is 0 Å². The van der Waals surface area contributed by atoms with Crippen LogP contribution in [-0.4, -0.2) is 40.1 Å². The van der Waals surface area contributed by atoms with Gasteiger partial charge >= 0.3 is 5.97 Å². The molecule has 0 saturated heterocycles. The molecule has 5 nitrogen and oxygen atoms in total. The van der Waals surface area contributed by atoms with E-state index in [9.17, 15) is 24.2 Å². The Kier molecular flexibility index (Phi) is 6.41. The maximum absolute atomic E-state index is 13.1. The lowest BCUT2D eigenvalue weighted by Gasteiger charge is -2.16. The average Bonchev–Trinajstić information content (AvgIpc) is 2.58. The number of thioether (sulfide) groups is 1. The summed E-state index contributed by atoms with van der Waals surface area (Å²) in [6.45, 7) is 0. The van der Waals surface area contributed by atoms with Crippen molar-refractivity contribution in [3.05, 3.63) is 53.8 Å². The number of halogens is 1. The van der Waals surface area contributed by atoms with E-state index in [2.05, 4.69) is 5.32 Å². The Hall–Kier alpha value is -2.54. The van der Waals surface area contributed by atoms with Crippen LogP contribution in [0.15, 0.2) is 42.5 Å². The Morgan fingerprint density at radius 3 is 2.48 bits per heavy atom. The molecule has 0 heterocycles. The van der Waals surface area contributed by atoms with E-state index in [1.165, 1.54) is 54.2 Å². The first kappa shape index (κ1) is 18.8. The van der Waals surface area contributed by atoms with Gasteiger partial charge in [0.2, 0.25) is 0 Å². The van der Waals surface area contributed by atoms with Gasteiger partial charge in [-0.25, -0.2) is 9.18 Å². The summed E-state index contributed by atoms with van der Waals surface area (Å²) < 4.78 is 13.1. The summed E-state index contributed by atoms with van der Waals surface area (Å²) in [5.41, 5.74) is 1.14. The predicted octanol–water partition coefficient (Wildman–Crippen LogP) is 3.13. The summed E-state index contributed by atoms with van der Waals surface area (Å²) >= 11 is 1.49. The number of phenolic OH excluding ortho intramolecular Hbond substituents is 1. The van der Waals surface area contributed by atoms with Gasteiger partial charge in [0.1, 0.15) is 17.6 Å². The van der Waals surface area contributed by atoms with Crippen LogP contribution < -0.4 is 5.32 Å². The van der Waals surface area contributed by atoms with Gasteiger partial charge in [-0.05, 0) is 59.9 Å². The van der Waals surface area contributed by atoms with E-state index >= 15 is 0 Å². The third-order valence-corrected chi connectivity index (χ3v) is 4.26. The minimum absolute atomic E-state index is 0.0481. The van der Waals surface area contributed by atoms with Gasteiger partial charge in [0, 0.05) is 5.56 Å². The number of rotatable bonds is 7. The van der Waals surface area contributed by atoms with Crippen LogP contribution in [0.3, 0.4) is 0 Å². The normalized spacial score (nSPS) is 11.8. The Bertz CT molecular complexity index is 764. The summed E-state index contributed by atoms with van der Waals surface area (Å²) in [5, 5.41) is 21.5. The first-order valence-corrected chi connectivity index (χ1v) is 8.93. The van der Waals surface area contributed by atoms with Crippen molar-refractivity contribution in [1.29, 1.82) is 0 Å². The van der Waals surface area contributed by atoms with Gasteiger partial charge in [-0.3, -0.25) is 4.79 Å². The number of nitrogens with one attached hydrogen (secondary N) is 1. The van der Waals surface area contributed by atoms with E-state index in [0.29, 0.717) is 23.3 Å². The first-order valence-electron chi connectivity index (χ1n) is 7.54. The number of phenols is 1. The molecule has 0 unspecified atom stereocenters. The number of aromatic hydroxyl groups is 1. The van der Waals surface area contributed by atoms with Crippen LogP contribution >= 0.6 is 11.8 Å². The maximum atomic E-state index is 13.1. The number of benzene rings is 2. The van der Waals surface area contributed by atoms with Crippen molar-refractivity contribution in [3.8, 4) is 16.9 Å². The molecule has 7 heteroatoms. The number of carbonyl (C=O) groups excluding carboxylic acids is 1. The van der Waals surface area contributed by atoms with E-state index in [-0.39, 0.29) is 11.3 Å². The van der Waals surface area contributed by atoms with Crippen LogP contribution in [0.2, 0.25) is 0 Å². The number of hydrogen-bond donors (Lipinski definition) is 3. The molecule has 2 aromatic rings. The first-order chi connectivity index (χ1) is 11.9. The van der Waals surface area contributed by atoms with E-state index in [1.54, 1.807) is 0 Å². The molecule has 2 aromatic carbocycles. The Labute approximate surface area is 148 Å². The van der Waals surface area contributed by atoms with Crippen LogP contribution in [0.25, 0.3) is 11.1 Å². The van der Waals surface area contributed by atoms with Gasteiger partial charge in [-0.2, -0.15) is 11.8 Å². The lowest BCUT2D eigenvalue weighted by atomic mass is 9.98. The molecular weight excluding hydrogens is 345 g/mol. The molecule has 0 aromatic heterocycles. The topological polar surface area (TPSA) is 86.6 Å². The number of amides is 1. The van der Waals surface area contributed by atoms with Crippen LogP contribution in [0, 0.1) is 5.82 Å². The standard InChI is InChI=1S/C18H18FNO4S/c1-25-9-8-16(18(23)24)20-17(22)14-7-6-13(21)10-15(14)11-2-4-12(19)5-3-11/h2-7,10,16,21H,8-9H2,1H3,(H,20,22)(H,23,24)/t16-/m0/s1. The molecule has 3 N–H and O–H groups in total. The van der Waals surface area contributed by atoms with Crippen LogP contribution in [0.1, 0.15) is 16.8 Å². The Morgan fingerprint density at radius 1 is 1.20 bits per heavy atom. The number of carboxylic acids is 1. The minimum Gasteiger partial charge on any atom is -0.508 e. The average molecular weight is 363 g/mol. The molecule has 1 atom stereocenters. The molecule has 0 aliphatic heterocycles. The highest BCUT2D eigenvalue weighted by Crippen LogP contribution is 2.28. The lowest BCUT2D eigenvalue weighted by molar-refractivity contribution is -0.139. The van der Waals surface area contributed by atoms with Gasteiger partial charge in [-0.15, -0.1) is 0 Å². The molecule has 132 valence electrons. The monoisotopic (exact) mass is 363 g/mol. The third-order valence-electron chi connectivity index (χ3n) is 3.62. The van der Waals surface area contributed by atoms with Crippen molar-refractivity contribution >= 4 is 23.6 Å². The molecule has 1 amide bonds. The highest BCUT2D eigenvalue weighted by Gasteiger charge is 2.22. The molecule has 0 bridgehead atoms.